The van der Waals surface area contributed by atoms with Crippen LogP contribution >= 0.6 is 0 Å². The minimum absolute atomic E-state index is 0.0717. The molecule has 2 heteroatoms. The van der Waals surface area contributed by atoms with Crippen molar-refractivity contribution in [2.45, 2.75) is 6.10 Å². The summed E-state index contributed by atoms with van der Waals surface area (Å²) in [6, 6.07) is 29.5. The van der Waals surface area contributed by atoms with Crippen LogP contribution in [0.2, 0.25) is 0 Å². The lowest BCUT2D eigenvalue weighted by Crippen LogP contribution is -2.20. The summed E-state index contributed by atoms with van der Waals surface area (Å²) in [7, 11) is 4.14. The Morgan fingerprint density at radius 1 is 0.760 bits per heavy atom. The average molecular weight is 331 g/mol. The molecule has 0 N–H and O–H groups in total. The monoisotopic (exact) mass is 331 g/mol. The summed E-state index contributed by atoms with van der Waals surface area (Å²) in [6.07, 6.45) is -0.0717. The van der Waals surface area contributed by atoms with E-state index in [2.05, 4.69) is 91.8 Å². The first-order valence-electron chi connectivity index (χ1n) is 8.71. The Balaban J connectivity index is 1.99. The number of nitrogens with zero attached hydrogens (tertiary/aromatic N) is 1. The summed E-state index contributed by atoms with van der Waals surface area (Å²) in [5, 5.41) is 0. The van der Waals surface area contributed by atoms with Crippen LogP contribution in [0.4, 0.5) is 0 Å². The van der Waals surface area contributed by atoms with Crippen LogP contribution in [-0.2, 0) is 4.74 Å². The van der Waals surface area contributed by atoms with E-state index in [4.69, 9.17) is 4.74 Å². The second-order valence-electron chi connectivity index (χ2n) is 6.42. The van der Waals surface area contributed by atoms with Crippen molar-refractivity contribution in [3.8, 4) is 11.1 Å². The van der Waals surface area contributed by atoms with E-state index < -0.39 is 0 Å². The van der Waals surface area contributed by atoms with Gasteiger partial charge in [0, 0.05) is 6.54 Å². The van der Waals surface area contributed by atoms with Gasteiger partial charge in [-0.15, -0.1) is 0 Å². The summed E-state index contributed by atoms with van der Waals surface area (Å²) >= 11 is 0. The summed E-state index contributed by atoms with van der Waals surface area (Å²) in [4.78, 5) is 2.14. The molecule has 25 heavy (non-hydrogen) atoms. The second kappa shape index (κ2) is 8.61. The largest absolute Gasteiger partial charge is 0.367 e. The van der Waals surface area contributed by atoms with Crippen molar-refractivity contribution < 1.29 is 4.74 Å². The van der Waals surface area contributed by atoms with Gasteiger partial charge in [-0.3, -0.25) is 0 Å². The minimum atomic E-state index is -0.0717. The normalized spacial score (nSPS) is 12.3. The number of hydrogen-bond acceptors (Lipinski definition) is 2. The lowest BCUT2D eigenvalue weighted by molar-refractivity contribution is 0.0690. The van der Waals surface area contributed by atoms with Gasteiger partial charge in [-0.25, -0.2) is 0 Å². The van der Waals surface area contributed by atoms with E-state index in [1.807, 2.05) is 12.1 Å². The fourth-order valence-corrected chi connectivity index (χ4v) is 2.95. The molecular formula is C23H25NO. The van der Waals surface area contributed by atoms with Gasteiger partial charge in [0.2, 0.25) is 0 Å². The number of benzene rings is 3. The smallest absolute Gasteiger partial charge is 0.108 e. The maximum Gasteiger partial charge on any atom is 0.108 e. The van der Waals surface area contributed by atoms with Crippen LogP contribution in [-0.4, -0.2) is 32.1 Å². The zero-order chi connectivity index (χ0) is 17.5. The molecule has 0 radical (unpaired) electrons. The maximum absolute atomic E-state index is 6.35. The van der Waals surface area contributed by atoms with Gasteiger partial charge in [-0.05, 0) is 36.3 Å². The molecular weight excluding hydrogens is 306 g/mol. The average Bonchev–Trinajstić information content (AvgIpc) is 2.66. The van der Waals surface area contributed by atoms with E-state index in [9.17, 15) is 0 Å². The quantitative estimate of drug-likeness (QED) is 0.602. The van der Waals surface area contributed by atoms with Gasteiger partial charge < -0.3 is 9.64 Å². The highest BCUT2D eigenvalue weighted by Gasteiger charge is 2.18. The van der Waals surface area contributed by atoms with Crippen LogP contribution in [0.25, 0.3) is 11.1 Å². The highest BCUT2D eigenvalue weighted by Crippen LogP contribution is 2.34. The Morgan fingerprint density at radius 2 is 1.36 bits per heavy atom. The maximum atomic E-state index is 6.35. The molecule has 1 atom stereocenters. The Bertz CT molecular complexity index is 768. The van der Waals surface area contributed by atoms with Crippen LogP contribution in [0.15, 0.2) is 84.9 Å². The number of rotatable bonds is 7. The molecule has 0 aliphatic carbocycles. The van der Waals surface area contributed by atoms with Gasteiger partial charge in [0.15, 0.2) is 0 Å². The van der Waals surface area contributed by atoms with Crippen LogP contribution in [0.5, 0.6) is 0 Å². The summed E-state index contributed by atoms with van der Waals surface area (Å²) in [6.45, 7) is 1.59. The lowest BCUT2D eigenvalue weighted by Gasteiger charge is -2.23. The molecule has 0 saturated heterocycles. The Kier molecular flexibility index (Phi) is 5.99. The van der Waals surface area contributed by atoms with E-state index in [0.717, 1.165) is 6.54 Å². The Morgan fingerprint density at radius 3 is 2.04 bits per heavy atom. The van der Waals surface area contributed by atoms with E-state index in [1.165, 1.54) is 22.3 Å². The van der Waals surface area contributed by atoms with Crippen LogP contribution < -0.4 is 0 Å². The lowest BCUT2D eigenvalue weighted by atomic mass is 9.92. The van der Waals surface area contributed by atoms with E-state index in [-0.39, 0.29) is 6.10 Å². The molecule has 0 saturated carbocycles. The molecule has 0 spiro atoms. The fraction of sp³-hybridized carbons (Fsp3) is 0.217. The number of likely N-dealkylation sites (N-methyl/N-ethyl adjacent to an activating group) is 1. The fourth-order valence-electron chi connectivity index (χ4n) is 2.95. The molecule has 0 aromatic heterocycles. The van der Waals surface area contributed by atoms with E-state index >= 15 is 0 Å². The van der Waals surface area contributed by atoms with Crippen molar-refractivity contribution in [2.75, 3.05) is 27.2 Å². The highest BCUT2D eigenvalue weighted by atomic mass is 16.5. The molecule has 0 fully saturated rings. The third-order valence-corrected chi connectivity index (χ3v) is 4.25. The van der Waals surface area contributed by atoms with Gasteiger partial charge >= 0.3 is 0 Å². The summed E-state index contributed by atoms with van der Waals surface area (Å²) in [5.74, 6) is 0. The van der Waals surface area contributed by atoms with Gasteiger partial charge in [0.25, 0.3) is 0 Å². The molecule has 1 unspecified atom stereocenters. The van der Waals surface area contributed by atoms with Crippen LogP contribution in [0.3, 0.4) is 0 Å². The van der Waals surface area contributed by atoms with Crippen molar-refractivity contribution in [1.29, 1.82) is 0 Å². The molecule has 128 valence electrons. The third kappa shape index (κ3) is 4.56. The number of ether oxygens (including phenoxy) is 1. The Hall–Kier alpha value is -2.42. The van der Waals surface area contributed by atoms with E-state index in [0.29, 0.717) is 6.61 Å². The van der Waals surface area contributed by atoms with Crippen molar-refractivity contribution >= 4 is 0 Å². The van der Waals surface area contributed by atoms with Crippen molar-refractivity contribution in [3.63, 3.8) is 0 Å². The first-order valence-corrected chi connectivity index (χ1v) is 8.71. The molecule has 0 heterocycles. The Labute approximate surface area is 150 Å². The van der Waals surface area contributed by atoms with Crippen molar-refractivity contribution in [3.05, 3.63) is 96.1 Å². The zero-order valence-corrected chi connectivity index (χ0v) is 14.9. The van der Waals surface area contributed by atoms with Gasteiger partial charge in [-0.2, -0.15) is 0 Å². The molecule has 3 aromatic rings. The second-order valence-corrected chi connectivity index (χ2v) is 6.42. The topological polar surface area (TPSA) is 12.5 Å². The zero-order valence-electron chi connectivity index (χ0n) is 14.9. The summed E-state index contributed by atoms with van der Waals surface area (Å²) in [5.41, 5.74) is 4.83. The van der Waals surface area contributed by atoms with Gasteiger partial charge in [0.1, 0.15) is 6.10 Å². The SMILES string of the molecule is CN(C)CCOC(c1ccccc1)c1ccccc1-c1ccccc1. The van der Waals surface area contributed by atoms with Gasteiger partial charge in [0.05, 0.1) is 6.61 Å². The standard InChI is InChI=1S/C23H25NO/c1-24(2)17-18-25-23(20-13-7-4-8-14-20)22-16-10-9-15-21(22)19-11-5-3-6-12-19/h3-16,23H,17-18H2,1-2H3. The molecule has 0 amide bonds. The molecule has 2 nitrogen and oxygen atoms in total. The predicted octanol–water partition coefficient (Wildman–Crippen LogP) is 5.02. The first kappa shape index (κ1) is 17.4. The third-order valence-electron chi connectivity index (χ3n) is 4.25. The van der Waals surface area contributed by atoms with Crippen LogP contribution in [0.1, 0.15) is 17.2 Å². The highest BCUT2D eigenvalue weighted by molar-refractivity contribution is 5.68. The number of hydrogen-bond donors (Lipinski definition) is 0. The molecule has 3 aromatic carbocycles. The molecule has 3 rings (SSSR count). The molecule has 0 bridgehead atoms. The first-order chi connectivity index (χ1) is 12.3. The van der Waals surface area contributed by atoms with Crippen molar-refractivity contribution in [2.24, 2.45) is 0 Å². The molecule has 0 aliphatic heterocycles. The van der Waals surface area contributed by atoms with E-state index in [1.54, 1.807) is 0 Å². The van der Waals surface area contributed by atoms with Gasteiger partial charge in [-0.1, -0.05) is 84.9 Å². The summed E-state index contributed by atoms with van der Waals surface area (Å²) < 4.78 is 6.35. The van der Waals surface area contributed by atoms with Crippen LogP contribution in [0, 0.1) is 0 Å². The minimum Gasteiger partial charge on any atom is -0.367 e. The predicted molar refractivity (Wildman–Crippen MR) is 105 cm³/mol. The molecule has 0 aliphatic rings. The van der Waals surface area contributed by atoms with Crippen molar-refractivity contribution in [1.82, 2.24) is 4.90 Å².